The fraction of sp³-hybridized carbons (Fsp3) is 0.500. The van der Waals surface area contributed by atoms with E-state index in [0.717, 1.165) is 17.9 Å². The number of benzene rings is 1. The van der Waals surface area contributed by atoms with E-state index < -0.39 is 0 Å². The molecule has 1 aliphatic heterocycles. The number of hydrogen-bond donors (Lipinski definition) is 1. The Labute approximate surface area is 90.2 Å². The van der Waals surface area contributed by atoms with E-state index in [1.807, 2.05) is 0 Å². The van der Waals surface area contributed by atoms with E-state index in [-0.39, 0.29) is 0 Å². The molecule has 15 heavy (non-hydrogen) atoms. The van der Waals surface area contributed by atoms with Crippen LogP contribution in [0.4, 0.5) is 0 Å². The second kappa shape index (κ2) is 3.74. The Morgan fingerprint density at radius 2 is 1.60 bits per heavy atom. The lowest BCUT2D eigenvalue weighted by atomic mass is 9.94. The molecule has 0 fully saturated rings. The van der Waals surface area contributed by atoms with Gasteiger partial charge in [0.05, 0.1) is 0 Å². The van der Waals surface area contributed by atoms with Crippen molar-refractivity contribution in [2.75, 3.05) is 13.3 Å². The number of ether oxygens (including phenoxy) is 2. The highest BCUT2D eigenvalue weighted by atomic mass is 16.7. The third-order valence-corrected chi connectivity index (χ3v) is 3.16. The highest BCUT2D eigenvalue weighted by Gasteiger charge is 2.23. The van der Waals surface area contributed by atoms with Crippen molar-refractivity contribution < 1.29 is 9.47 Å². The van der Waals surface area contributed by atoms with Crippen molar-refractivity contribution >= 4 is 0 Å². The molecule has 0 bridgehead atoms. The van der Waals surface area contributed by atoms with E-state index >= 15 is 0 Å². The Morgan fingerprint density at radius 1 is 1.00 bits per heavy atom. The summed E-state index contributed by atoms with van der Waals surface area (Å²) in [6.07, 6.45) is 0.898. The maximum atomic E-state index is 5.62. The first-order valence-corrected chi connectivity index (χ1v) is 5.25. The van der Waals surface area contributed by atoms with Crippen LogP contribution in [0.25, 0.3) is 0 Å². The number of nitrogens with two attached hydrogens (primary N) is 1. The van der Waals surface area contributed by atoms with Gasteiger partial charge in [0.1, 0.15) is 0 Å². The average Bonchev–Trinajstić information content (AvgIpc) is 2.70. The summed E-state index contributed by atoms with van der Waals surface area (Å²) < 4.78 is 11.0. The van der Waals surface area contributed by atoms with Gasteiger partial charge in [-0.2, -0.15) is 0 Å². The molecule has 0 amide bonds. The Morgan fingerprint density at radius 3 is 2.20 bits per heavy atom. The second-order valence-electron chi connectivity index (χ2n) is 3.96. The summed E-state index contributed by atoms with van der Waals surface area (Å²) in [5.74, 6) is 1.81. The quantitative estimate of drug-likeness (QED) is 0.804. The molecule has 0 saturated heterocycles. The Bertz CT molecular complexity index is 399. The zero-order chi connectivity index (χ0) is 11.0. The van der Waals surface area contributed by atoms with Gasteiger partial charge in [0.2, 0.25) is 6.79 Å². The summed E-state index contributed by atoms with van der Waals surface area (Å²) in [4.78, 5) is 0. The standard InChI is InChI=1S/C12H17NO2/c1-7-8(2)11-12(15-6-14-11)9(3)10(7)4-5-13/h4-6,13H2,1-3H3. The van der Waals surface area contributed by atoms with Gasteiger partial charge in [-0.3, -0.25) is 0 Å². The first kappa shape index (κ1) is 10.3. The van der Waals surface area contributed by atoms with Crippen molar-refractivity contribution in [3.63, 3.8) is 0 Å². The van der Waals surface area contributed by atoms with Crippen molar-refractivity contribution in [3.8, 4) is 11.5 Å². The first-order chi connectivity index (χ1) is 7.16. The van der Waals surface area contributed by atoms with Crippen LogP contribution >= 0.6 is 0 Å². The smallest absolute Gasteiger partial charge is 0.231 e. The van der Waals surface area contributed by atoms with Gasteiger partial charge < -0.3 is 15.2 Å². The van der Waals surface area contributed by atoms with Crippen LogP contribution in [-0.2, 0) is 6.42 Å². The third kappa shape index (κ3) is 1.47. The van der Waals surface area contributed by atoms with E-state index in [9.17, 15) is 0 Å². The Kier molecular flexibility index (Phi) is 2.57. The first-order valence-electron chi connectivity index (χ1n) is 5.25. The summed E-state index contributed by atoms with van der Waals surface area (Å²) in [5, 5.41) is 0. The van der Waals surface area contributed by atoms with E-state index in [4.69, 9.17) is 15.2 Å². The zero-order valence-electron chi connectivity index (χ0n) is 9.52. The van der Waals surface area contributed by atoms with Crippen LogP contribution in [0.15, 0.2) is 0 Å². The predicted molar refractivity (Wildman–Crippen MR) is 59.5 cm³/mol. The molecule has 1 aromatic rings. The van der Waals surface area contributed by atoms with Gasteiger partial charge in [-0.15, -0.1) is 0 Å². The molecule has 0 spiro atoms. The normalized spacial score (nSPS) is 13.3. The van der Waals surface area contributed by atoms with Crippen LogP contribution in [0.3, 0.4) is 0 Å². The molecule has 82 valence electrons. The van der Waals surface area contributed by atoms with E-state index in [2.05, 4.69) is 20.8 Å². The van der Waals surface area contributed by atoms with Crippen LogP contribution in [0, 0.1) is 20.8 Å². The fourth-order valence-electron chi connectivity index (χ4n) is 2.17. The van der Waals surface area contributed by atoms with Gasteiger partial charge >= 0.3 is 0 Å². The minimum absolute atomic E-state index is 0.336. The van der Waals surface area contributed by atoms with Gasteiger partial charge in [-0.25, -0.2) is 0 Å². The SMILES string of the molecule is Cc1c(C)c2c(c(C)c1CCN)OCO2. The summed E-state index contributed by atoms with van der Waals surface area (Å²) in [5.41, 5.74) is 10.6. The molecule has 3 nitrogen and oxygen atoms in total. The van der Waals surface area contributed by atoms with Crippen LogP contribution < -0.4 is 15.2 Å². The molecule has 3 heteroatoms. The van der Waals surface area contributed by atoms with Gasteiger partial charge in [0, 0.05) is 0 Å². The largest absolute Gasteiger partial charge is 0.453 e. The molecular weight excluding hydrogens is 190 g/mol. The van der Waals surface area contributed by atoms with Crippen molar-refractivity contribution in [1.29, 1.82) is 0 Å². The van der Waals surface area contributed by atoms with E-state index in [0.29, 0.717) is 13.3 Å². The highest BCUT2D eigenvalue weighted by Crippen LogP contribution is 2.42. The number of rotatable bonds is 2. The van der Waals surface area contributed by atoms with Gasteiger partial charge in [-0.1, -0.05) is 0 Å². The van der Waals surface area contributed by atoms with Crippen LogP contribution in [0.5, 0.6) is 11.5 Å². The summed E-state index contributed by atoms with van der Waals surface area (Å²) in [7, 11) is 0. The van der Waals surface area contributed by atoms with E-state index in [1.165, 1.54) is 22.3 Å². The molecule has 0 atom stereocenters. The topological polar surface area (TPSA) is 44.5 Å². The molecular formula is C12H17NO2. The summed E-state index contributed by atoms with van der Waals surface area (Å²) in [6.45, 7) is 7.27. The van der Waals surface area contributed by atoms with Gasteiger partial charge in [-0.05, 0) is 56.0 Å². The lowest BCUT2D eigenvalue weighted by molar-refractivity contribution is 0.173. The molecule has 0 aromatic heterocycles. The molecule has 1 heterocycles. The fourth-order valence-corrected chi connectivity index (χ4v) is 2.17. The number of fused-ring (bicyclic) bond motifs is 1. The average molecular weight is 207 g/mol. The molecule has 1 aliphatic rings. The van der Waals surface area contributed by atoms with Crippen molar-refractivity contribution in [3.05, 3.63) is 22.3 Å². The van der Waals surface area contributed by atoms with E-state index in [1.54, 1.807) is 0 Å². The van der Waals surface area contributed by atoms with Crippen LogP contribution in [0.1, 0.15) is 22.3 Å². The maximum Gasteiger partial charge on any atom is 0.231 e. The van der Waals surface area contributed by atoms with Gasteiger partial charge in [0.15, 0.2) is 11.5 Å². The molecule has 0 aliphatic carbocycles. The molecule has 1 aromatic carbocycles. The molecule has 2 N–H and O–H groups in total. The molecule has 2 rings (SSSR count). The Hall–Kier alpha value is -1.22. The van der Waals surface area contributed by atoms with Crippen molar-refractivity contribution in [2.45, 2.75) is 27.2 Å². The lowest BCUT2D eigenvalue weighted by Crippen LogP contribution is -2.07. The van der Waals surface area contributed by atoms with Crippen LogP contribution in [-0.4, -0.2) is 13.3 Å². The number of hydrogen-bond acceptors (Lipinski definition) is 3. The lowest BCUT2D eigenvalue weighted by Gasteiger charge is -2.14. The third-order valence-electron chi connectivity index (χ3n) is 3.16. The Balaban J connectivity index is 2.62. The maximum absolute atomic E-state index is 5.62. The van der Waals surface area contributed by atoms with Crippen LogP contribution in [0.2, 0.25) is 0 Å². The highest BCUT2D eigenvalue weighted by molar-refractivity contribution is 5.59. The summed E-state index contributed by atoms with van der Waals surface area (Å²) in [6, 6.07) is 0. The van der Waals surface area contributed by atoms with Gasteiger partial charge in [0.25, 0.3) is 0 Å². The zero-order valence-corrected chi connectivity index (χ0v) is 9.52. The predicted octanol–water partition coefficient (Wildman–Crippen LogP) is 1.84. The second-order valence-corrected chi connectivity index (χ2v) is 3.96. The molecule has 0 radical (unpaired) electrons. The molecule has 0 unspecified atom stereocenters. The minimum atomic E-state index is 0.336. The van der Waals surface area contributed by atoms with Crippen molar-refractivity contribution in [1.82, 2.24) is 0 Å². The van der Waals surface area contributed by atoms with Crippen molar-refractivity contribution in [2.24, 2.45) is 5.73 Å². The molecule has 0 saturated carbocycles. The minimum Gasteiger partial charge on any atom is -0.453 e. The summed E-state index contributed by atoms with van der Waals surface area (Å²) >= 11 is 0. The monoisotopic (exact) mass is 207 g/mol.